The van der Waals surface area contributed by atoms with Gasteiger partial charge in [-0.3, -0.25) is 0 Å². The molecule has 0 aromatic heterocycles. The molecule has 13 nitrogen and oxygen atoms in total. The minimum atomic E-state index is -0.781. The molecular formula is C55H86O13. The number of carbonyl (C=O) groups is 1. The summed E-state index contributed by atoms with van der Waals surface area (Å²) in [6.07, 6.45) is 34.8. The molecule has 0 heterocycles. The van der Waals surface area contributed by atoms with Crippen molar-refractivity contribution in [3.63, 3.8) is 0 Å². The quantitative estimate of drug-likeness (QED) is 0.0449. The van der Waals surface area contributed by atoms with Crippen LogP contribution in [0.2, 0.25) is 0 Å². The lowest BCUT2D eigenvalue weighted by molar-refractivity contribution is -0.133. The second kappa shape index (κ2) is 37.6. The molecule has 2 saturated carbocycles. The smallest absolute Gasteiger partial charge is 0.501 e. The number of allylic oxidation sites excluding steroid dienone is 10. The first-order chi connectivity index (χ1) is 33.4. The van der Waals surface area contributed by atoms with Gasteiger partial charge in [0.2, 0.25) is 0 Å². The van der Waals surface area contributed by atoms with E-state index in [0.717, 1.165) is 0 Å². The molecule has 0 aliphatic heterocycles. The minimum Gasteiger partial charge on any atom is -0.501 e. The summed E-state index contributed by atoms with van der Waals surface area (Å²) in [5.41, 5.74) is 0. The van der Waals surface area contributed by atoms with Gasteiger partial charge >= 0.3 is 6.16 Å². The molecule has 13 heteroatoms. The maximum atomic E-state index is 14.2. The molecule has 0 amide bonds. The van der Waals surface area contributed by atoms with Crippen molar-refractivity contribution in [2.45, 2.75) is 69.2 Å². The van der Waals surface area contributed by atoms with E-state index in [2.05, 4.69) is 0 Å². The van der Waals surface area contributed by atoms with Crippen LogP contribution in [0.3, 0.4) is 0 Å². The van der Waals surface area contributed by atoms with Crippen molar-refractivity contribution in [1.29, 1.82) is 0 Å². The summed E-state index contributed by atoms with van der Waals surface area (Å²) in [6, 6.07) is 0. The standard InChI is InChI=1S/C55H86O13/c1-11-21-57-31-43-45(33-59-23-13-3)49(37-63-27-17-7)53(50(38-64-28-18-8)46(43)34-60-24-14-4)41-67-55(56)68-42-54-51(39-65-29-19-9)47(35-61-25-15-5)44(32-58-22-12-2)48(36-62-26-16-6)52(54)40-66-30-20-10/h11-30,43-54H,31-42H2,1-10H3. The Labute approximate surface area is 409 Å². The zero-order chi connectivity index (χ0) is 49.6. The van der Waals surface area contributed by atoms with Crippen LogP contribution in [0.15, 0.2) is 123 Å². The van der Waals surface area contributed by atoms with E-state index in [1.165, 1.54) is 0 Å². The maximum absolute atomic E-state index is 14.2. The Kier molecular flexibility index (Phi) is 32.5. The lowest BCUT2D eigenvalue weighted by Gasteiger charge is -2.51. The molecule has 0 aromatic carbocycles. The Morgan fingerprint density at radius 3 is 0.471 bits per heavy atom. The van der Waals surface area contributed by atoms with Crippen LogP contribution in [0.4, 0.5) is 4.79 Å². The summed E-state index contributed by atoms with van der Waals surface area (Å²) in [7, 11) is 0. The van der Waals surface area contributed by atoms with E-state index in [-0.39, 0.29) is 84.2 Å². The molecule has 2 rings (SSSR count). The Morgan fingerprint density at radius 1 is 0.235 bits per heavy atom. The monoisotopic (exact) mass is 955 g/mol. The first-order valence-corrected chi connectivity index (χ1v) is 24.4. The van der Waals surface area contributed by atoms with Crippen LogP contribution in [-0.4, -0.2) is 85.4 Å². The minimum absolute atomic E-state index is 0.0333. The molecule has 68 heavy (non-hydrogen) atoms. The number of hydrogen-bond donors (Lipinski definition) is 0. The molecule has 0 aromatic rings. The van der Waals surface area contributed by atoms with E-state index in [1.54, 1.807) is 62.6 Å². The summed E-state index contributed by atoms with van der Waals surface area (Å²) in [5, 5.41) is 0. The highest BCUT2D eigenvalue weighted by Gasteiger charge is 2.54. The van der Waals surface area contributed by atoms with Gasteiger partial charge in [-0.2, -0.15) is 0 Å². The highest BCUT2D eigenvalue weighted by atomic mass is 16.7. The largest absolute Gasteiger partial charge is 0.508 e. The predicted molar refractivity (Wildman–Crippen MR) is 267 cm³/mol. The third kappa shape index (κ3) is 20.5. The van der Waals surface area contributed by atoms with Crippen LogP contribution in [-0.2, 0) is 56.8 Å². The molecule has 8 atom stereocenters. The number of hydrogen-bond acceptors (Lipinski definition) is 13. The summed E-state index contributed by atoms with van der Waals surface area (Å²) >= 11 is 0. The predicted octanol–water partition coefficient (Wildman–Crippen LogP) is 12.1. The zero-order valence-corrected chi connectivity index (χ0v) is 42.8. The Balaban J connectivity index is 2.71. The molecule has 0 N–H and O–H groups in total. The molecule has 2 fully saturated rings. The van der Waals surface area contributed by atoms with Gasteiger partial charge in [-0.25, -0.2) is 4.79 Å². The molecular weight excluding hydrogens is 869 g/mol. The Hall–Kier alpha value is -5.33. The van der Waals surface area contributed by atoms with Gasteiger partial charge in [-0.05, 0) is 69.2 Å². The molecule has 384 valence electrons. The zero-order valence-electron chi connectivity index (χ0n) is 42.8. The molecule has 0 bridgehead atoms. The topological polar surface area (TPSA) is 128 Å². The van der Waals surface area contributed by atoms with Gasteiger partial charge < -0.3 is 56.8 Å². The van der Waals surface area contributed by atoms with Crippen molar-refractivity contribution >= 4 is 6.16 Å². The van der Waals surface area contributed by atoms with Crippen LogP contribution in [0, 0.1) is 71.0 Å². The maximum Gasteiger partial charge on any atom is 0.508 e. The van der Waals surface area contributed by atoms with E-state index >= 15 is 0 Å². The van der Waals surface area contributed by atoms with Crippen LogP contribution in [0.5, 0.6) is 0 Å². The first kappa shape index (κ1) is 58.8. The van der Waals surface area contributed by atoms with Gasteiger partial charge in [-0.15, -0.1) is 0 Å². The SMILES string of the molecule is CC=COCC1C(COC=CC)C(COC=CC)C(COC(=O)OCC2C(COC=CC)C(COC=CC)C(COC=CC)C(COC=CC)C2COC=CC)C(COC=CC)C1COC=CC. The molecule has 2 aliphatic carbocycles. The fourth-order valence-corrected chi connectivity index (χ4v) is 9.78. The van der Waals surface area contributed by atoms with Crippen LogP contribution < -0.4 is 0 Å². The van der Waals surface area contributed by atoms with Gasteiger partial charge in [0.05, 0.1) is 142 Å². The van der Waals surface area contributed by atoms with Gasteiger partial charge in [0.25, 0.3) is 0 Å². The highest BCUT2D eigenvalue weighted by Crippen LogP contribution is 2.49. The van der Waals surface area contributed by atoms with Gasteiger partial charge in [0, 0.05) is 71.0 Å². The number of carbonyl (C=O) groups excluding carboxylic acids is 1. The van der Waals surface area contributed by atoms with Crippen molar-refractivity contribution in [3.8, 4) is 0 Å². The second-order valence-electron chi connectivity index (χ2n) is 16.9. The Morgan fingerprint density at radius 2 is 0.353 bits per heavy atom. The molecule has 8 unspecified atom stereocenters. The fourth-order valence-electron chi connectivity index (χ4n) is 9.78. The summed E-state index contributed by atoms with van der Waals surface area (Å²) in [6.45, 7) is 23.0. The van der Waals surface area contributed by atoms with Crippen LogP contribution >= 0.6 is 0 Å². The van der Waals surface area contributed by atoms with E-state index < -0.39 is 6.16 Å². The Bertz CT molecular complexity index is 1390. The second-order valence-corrected chi connectivity index (χ2v) is 16.9. The van der Waals surface area contributed by atoms with Gasteiger partial charge in [0.15, 0.2) is 0 Å². The normalized spacial score (nSPS) is 28.0. The molecule has 0 saturated heterocycles. The van der Waals surface area contributed by atoms with E-state index in [4.69, 9.17) is 56.8 Å². The van der Waals surface area contributed by atoms with Gasteiger partial charge in [-0.1, -0.05) is 60.8 Å². The van der Waals surface area contributed by atoms with Crippen molar-refractivity contribution < 1.29 is 61.6 Å². The van der Waals surface area contributed by atoms with Crippen molar-refractivity contribution in [2.75, 3.05) is 79.3 Å². The first-order valence-electron chi connectivity index (χ1n) is 24.4. The van der Waals surface area contributed by atoms with Crippen molar-refractivity contribution in [1.82, 2.24) is 0 Å². The average molecular weight is 955 g/mol. The van der Waals surface area contributed by atoms with E-state index in [0.29, 0.717) is 66.1 Å². The summed E-state index contributed by atoms with van der Waals surface area (Å²) in [5.74, 6) is -1.57. The van der Waals surface area contributed by atoms with Crippen LogP contribution in [0.25, 0.3) is 0 Å². The molecule has 0 radical (unpaired) electrons. The van der Waals surface area contributed by atoms with Gasteiger partial charge in [0.1, 0.15) is 0 Å². The van der Waals surface area contributed by atoms with E-state index in [9.17, 15) is 4.79 Å². The van der Waals surface area contributed by atoms with E-state index in [1.807, 2.05) is 130 Å². The lowest BCUT2D eigenvalue weighted by Crippen LogP contribution is -2.55. The fraction of sp³-hybridized carbons (Fsp3) is 0.618. The number of rotatable bonds is 34. The average Bonchev–Trinajstić information content (AvgIpc) is 3.34. The summed E-state index contributed by atoms with van der Waals surface area (Å²) in [4.78, 5) is 14.2. The molecule has 2 aliphatic rings. The number of ether oxygens (including phenoxy) is 12. The third-order valence-corrected chi connectivity index (χ3v) is 12.6. The lowest BCUT2D eigenvalue weighted by atomic mass is 9.57. The summed E-state index contributed by atoms with van der Waals surface area (Å²) < 4.78 is 74.2. The third-order valence-electron chi connectivity index (χ3n) is 12.6. The van der Waals surface area contributed by atoms with Crippen molar-refractivity contribution in [2.24, 2.45) is 71.0 Å². The van der Waals surface area contributed by atoms with Crippen molar-refractivity contribution in [3.05, 3.63) is 123 Å². The molecule has 0 spiro atoms. The van der Waals surface area contributed by atoms with Crippen LogP contribution in [0.1, 0.15) is 69.2 Å². The highest BCUT2D eigenvalue weighted by molar-refractivity contribution is 5.59.